The Morgan fingerprint density at radius 2 is 1.50 bits per heavy atom. The fourth-order valence-corrected chi connectivity index (χ4v) is 2.04. The van der Waals surface area contributed by atoms with E-state index < -0.39 is 9.85 Å². The van der Waals surface area contributed by atoms with Gasteiger partial charge in [0.05, 0.1) is 24.1 Å². The molecule has 114 valence electrons. The molecule has 0 unspecified atom stereocenters. The van der Waals surface area contributed by atoms with E-state index in [4.69, 9.17) is 9.47 Å². The monoisotopic (exact) mass is 304 g/mol. The van der Waals surface area contributed by atoms with Gasteiger partial charge >= 0.3 is 5.69 Å². The van der Waals surface area contributed by atoms with Crippen LogP contribution in [0.15, 0.2) is 36.4 Å². The van der Waals surface area contributed by atoms with Crippen LogP contribution in [0.4, 0.5) is 11.4 Å². The maximum Gasteiger partial charge on any atom is 0.311 e. The van der Waals surface area contributed by atoms with Gasteiger partial charge in [-0.1, -0.05) is 6.07 Å². The molecule has 0 aliphatic carbocycles. The Balaban J connectivity index is 2.64. The molecular formula is C14H12N2O6. The average Bonchev–Trinajstić information content (AvgIpc) is 2.53. The molecule has 22 heavy (non-hydrogen) atoms. The SMILES string of the molecule is COc1ccc([N+](=O)[O-])cc1-c1ccc(OC)c([N+](=O)[O-])c1. The summed E-state index contributed by atoms with van der Waals surface area (Å²) in [5, 5.41) is 22.0. The molecule has 0 bridgehead atoms. The lowest BCUT2D eigenvalue weighted by molar-refractivity contribution is -0.385. The zero-order valence-corrected chi connectivity index (χ0v) is 11.8. The van der Waals surface area contributed by atoms with E-state index in [1.54, 1.807) is 6.07 Å². The van der Waals surface area contributed by atoms with Crippen LogP contribution in [0.25, 0.3) is 11.1 Å². The average molecular weight is 304 g/mol. The summed E-state index contributed by atoms with van der Waals surface area (Å²) >= 11 is 0. The smallest absolute Gasteiger partial charge is 0.311 e. The van der Waals surface area contributed by atoms with E-state index in [9.17, 15) is 20.2 Å². The molecule has 8 heteroatoms. The second-order valence-corrected chi connectivity index (χ2v) is 4.29. The molecule has 0 aromatic heterocycles. The van der Waals surface area contributed by atoms with Gasteiger partial charge < -0.3 is 9.47 Å². The van der Waals surface area contributed by atoms with E-state index in [0.717, 1.165) is 0 Å². The van der Waals surface area contributed by atoms with Gasteiger partial charge in [-0.3, -0.25) is 20.2 Å². The molecular weight excluding hydrogens is 292 g/mol. The molecule has 0 radical (unpaired) electrons. The molecule has 0 N–H and O–H groups in total. The lowest BCUT2D eigenvalue weighted by Crippen LogP contribution is -1.96. The second-order valence-electron chi connectivity index (χ2n) is 4.29. The van der Waals surface area contributed by atoms with Crippen LogP contribution in [0.1, 0.15) is 0 Å². The van der Waals surface area contributed by atoms with Crippen molar-refractivity contribution >= 4 is 11.4 Å². The molecule has 2 rings (SSSR count). The first-order chi connectivity index (χ1) is 10.5. The number of non-ortho nitro benzene ring substituents is 1. The molecule has 0 saturated heterocycles. The highest BCUT2D eigenvalue weighted by molar-refractivity contribution is 5.76. The molecule has 0 atom stereocenters. The molecule has 0 saturated carbocycles. The minimum Gasteiger partial charge on any atom is -0.496 e. The summed E-state index contributed by atoms with van der Waals surface area (Å²) in [5.74, 6) is 0.489. The maximum atomic E-state index is 11.1. The van der Waals surface area contributed by atoms with Crippen molar-refractivity contribution in [1.29, 1.82) is 0 Å². The van der Waals surface area contributed by atoms with Crippen molar-refractivity contribution in [3.05, 3.63) is 56.6 Å². The highest BCUT2D eigenvalue weighted by atomic mass is 16.6. The largest absolute Gasteiger partial charge is 0.496 e. The number of hydrogen-bond acceptors (Lipinski definition) is 6. The van der Waals surface area contributed by atoms with Gasteiger partial charge in [-0.05, 0) is 17.7 Å². The fraction of sp³-hybridized carbons (Fsp3) is 0.143. The molecule has 8 nitrogen and oxygen atoms in total. The molecule has 0 aliphatic rings. The van der Waals surface area contributed by atoms with Crippen LogP contribution in [0.3, 0.4) is 0 Å². The van der Waals surface area contributed by atoms with Crippen molar-refractivity contribution in [3.8, 4) is 22.6 Å². The molecule has 0 spiro atoms. The van der Waals surface area contributed by atoms with E-state index in [0.29, 0.717) is 16.9 Å². The molecule has 2 aromatic carbocycles. The van der Waals surface area contributed by atoms with Crippen LogP contribution >= 0.6 is 0 Å². The quantitative estimate of drug-likeness (QED) is 0.620. The zero-order chi connectivity index (χ0) is 16.3. The Hall–Kier alpha value is -3.16. The molecule has 2 aromatic rings. The highest BCUT2D eigenvalue weighted by Gasteiger charge is 2.19. The summed E-state index contributed by atoms with van der Waals surface area (Å²) in [6, 6.07) is 8.37. The third kappa shape index (κ3) is 2.80. The number of rotatable bonds is 5. The van der Waals surface area contributed by atoms with Crippen LogP contribution in [-0.4, -0.2) is 24.1 Å². The normalized spacial score (nSPS) is 10.1. The van der Waals surface area contributed by atoms with Crippen molar-refractivity contribution in [2.24, 2.45) is 0 Å². The van der Waals surface area contributed by atoms with Crippen molar-refractivity contribution in [2.75, 3.05) is 14.2 Å². The highest BCUT2D eigenvalue weighted by Crippen LogP contribution is 2.37. The van der Waals surface area contributed by atoms with E-state index in [2.05, 4.69) is 0 Å². The third-order valence-electron chi connectivity index (χ3n) is 3.08. The number of nitro groups is 2. The van der Waals surface area contributed by atoms with Gasteiger partial charge in [-0.25, -0.2) is 0 Å². The Morgan fingerprint density at radius 1 is 0.864 bits per heavy atom. The Bertz CT molecular complexity index is 744. The molecule has 0 aliphatic heterocycles. The number of hydrogen-bond donors (Lipinski definition) is 0. The van der Waals surface area contributed by atoms with Gasteiger partial charge in [-0.2, -0.15) is 0 Å². The van der Waals surface area contributed by atoms with Crippen molar-refractivity contribution in [3.63, 3.8) is 0 Å². The van der Waals surface area contributed by atoms with E-state index in [1.165, 1.54) is 44.6 Å². The van der Waals surface area contributed by atoms with Crippen molar-refractivity contribution in [2.45, 2.75) is 0 Å². The number of nitro benzene ring substituents is 2. The number of ether oxygens (including phenoxy) is 2. The molecule has 0 heterocycles. The Kier molecular flexibility index (Phi) is 4.21. The Morgan fingerprint density at radius 3 is 2.05 bits per heavy atom. The molecule has 0 amide bonds. The predicted octanol–water partition coefficient (Wildman–Crippen LogP) is 3.19. The van der Waals surface area contributed by atoms with Crippen molar-refractivity contribution < 1.29 is 19.3 Å². The van der Waals surface area contributed by atoms with Gasteiger partial charge in [0.15, 0.2) is 5.75 Å². The van der Waals surface area contributed by atoms with E-state index in [1.807, 2.05) is 0 Å². The summed E-state index contributed by atoms with van der Waals surface area (Å²) in [4.78, 5) is 20.9. The molecule has 0 fully saturated rings. The van der Waals surface area contributed by atoms with Crippen molar-refractivity contribution in [1.82, 2.24) is 0 Å². The topological polar surface area (TPSA) is 105 Å². The lowest BCUT2D eigenvalue weighted by Gasteiger charge is -2.09. The number of nitrogens with zero attached hydrogens (tertiary/aromatic N) is 2. The first kappa shape index (κ1) is 15.2. The Labute approximate surface area is 125 Å². The first-order valence-electron chi connectivity index (χ1n) is 6.13. The summed E-state index contributed by atoms with van der Waals surface area (Å²) in [6.07, 6.45) is 0. The zero-order valence-electron chi connectivity index (χ0n) is 11.8. The van der Waals surface area contributed by atoms with Gasteiger partial charge in [0.1, 0.15) is 5.75 Å². The third-order valence-corrected chi connectivity index (χ3v) is 3.08. The standard InChI is InChI=1S/C14H12N2O6/c1-21-13-6-4-10(15(17)18)8-11(13)9-3-5-14(22-2)12(7-9)16(19)20/h3-8H,1-2H3. The minimum atomic E-state index is -0.577. The van der Waals surface area contributed by atoms with Gasteiger partial charge in [0, 0.05) is 23.8 Å². The number of benzene rings is 2. The number of methoxy groups -OCH3 is 2. The van der Waals surface area contributed by atoms with Crippen LogP contribution < -0.4 is 9.47 Å². The van der Waals surface area contributed by atoms with E-state index >= 15 is 0 Å². The fourth-order valence-electron chi connectivity index (χ4n) is 2.04. The maximum absolute atomic E-state index is 11.1. The predicted molar refractivity (Wildman–Crippen MR) is 78.3 cm³/mol. The second kappa shape index (κ2) is 6.08. The van der Waals surface area contributed by atoms with Crippen LogP contribution in [0.2, 0.25) is 0 Å². The van der Waals surface area contributed by atoms with Gasteiger partial charge in [0.25, 0.3) is 5.69 Å². The van der Waals surface area contributed by atoms with E-state index in [-0.39, 0.29) is 17.1 Å². The summed E-state index contributed by atoms with van der Waals surface area (Å²) < 4.78 is 10.1. The van der Waals surface area contributed by atoms with Crippen LogP contribution in [0, 0.1) is 20.2 Å². The van der Waals surface area contributed by atoms with Crippen LogP contribution in [0.5, 0.6) is 11.5 Å². The van der Waals surface area contributed by atoms with Gasteiger partial charge in [0.2, 0.25) is 0 Å². The van der Waals surface area contributed by atoms with Gasteiger partial charge in [-0.15, -0.1) is 0 Å². The first-order valence-corrected chi connectivity index (χ1v) is 6.13. The lowest BCUT2D eigenvalue weighted by atomic mass is 10.0. The minimum absolute atomic E-state index is 0.109. The summed E-state index contributed by atoms with van der Waals surface area (Å²) in [7, 11) is 2.75. The summed E-state index contributed by atoms with van der Waals surface area (Å²) in [5.41, 5.74) is 0.457. The van der Waals surface area contributed by atoms with Crippen LogP contribution in [-0.2, 0) is 0 Å². The summed E-state index contributed by atoms with van der Waals surface area (Å²) in [6.45, 7) is 0.